The van der Waals surface area contributed by atoms with Crippen molar-refractivity contribution in [2.75, 3.05) is 18.2 Å². The maximum Gasteiger partial charge on any atom is 0.356 e. The maximum absolute atomic E-state index is 13.0. The van der Waals surface area contributed by atoms with Crippen LogP contribution >= 0.6 is 0 Å². The van der Waals surface area contributed by atoms with Crippen LogP contribution < -0.4 is 21.5 Å². The molecule has 38 heavy (non-hydrogen) atoms. The number of nitrogens with one attached hydrogen (secondary N) is 1. The first kappa shape index (κ1) is 29.9. The molecular formula is C28H37N5O5. The Morgan fingerprint density at radius 3 is 2.13 bits per heavy atom. The molecule has 0 saturated carbocycles. The first-order valence-electron chi connectivity index (χ1n) is 11.9. The number of carboxylic acids is 1. The van der Waals surface area contributed by atoms with Crippen LogP contribution in [0.25, 0.3) is 5.69 Å². The molecule has 1 aromatic heterocycles. The van der Waals surface area contributed by atoms with E-state index in [0.717, 1.165) is 11.1 Å². The number of imidazole rings is 1. The zero-order valence-electron chi connectivity index (χ0n) is 23.2. The zero-order chi connectivity index (χ0) is 29.0. The molecule has 2 amide bonds. The summed E-state index contributed by atoms with van der Waals surface area (Å²) in [6.45, 7) is 13.4. The molecule has 6 N–H and O–H groups in total. The highest BCUT2D eigenvalue weighted by Crippen LogP contribution is 2.37. The van der Waals surface area contributed by atoms with E-state index in [-0.39, 0.29) is 28.3 Å². The lowest BCUT2D eigenvalue weighted by Gasteiger charge is -2.22. The number of methoxy groups -OCH3 is 1. The van der Waals surface area contributed by atoms with E-state index in [0.29, 0.717) is 28.4 Å². The lowest BCUT2D eigenvalue weighted by atomic mass is 9.86. The van der Waals surface area contributed by atoms with Crippen LogP contribution in [0.15, 0.2) is 42.9 Å². The minimum atomic E-state index is -1.12. The normalized spacial score (nSPS) is 11.3. The zero-order valence-corrected chi connectivity index (χ0v) is 23.2. The van der Waals surface area contributed by atoms with Gasteiger partial charge in [-0.3, -0.25) is 9.59 Å². The fraction of sp³-hybridized carbons (Fsp3) is 0.357. The lowest BCUT2D eigenvalue weighted by Crippen LogP contribution is -2.27. The van der Waals surface area contributed by atoms with Gasteiger partial charge in [0, 0.05) is 17.2 Å². The van der Waals surface area contributed by atoms with Crippen molar-refractivity contribution in [3.8, 4) is 11.4 Å². The van der Waals surface area contributed by atoms with Gasteiger partial charge in [-0.25, -0.2) is 9.78 Å². The monoisotopic (exact) mass is 523 g/mol. The standard InChI is InChI=1S/C23H26N4O4.C5H11NO/c1-13-6-7-14(8-19(13)27-11-18(22(29)30)25-12-27)21(28)26-17-10-15(23(2,3)4)9-16(24)20(17)31-5;1-5(2,3)4(6)7/h6-12H,24H2,1-5H3,(H,26,28)(H,29,30);1-3H3,(H2,6,7). The third-order valence-corrected chi connectivity index (χ3v) is 5.73. The molecule has 1 heterocycles. The van der Waals surface area contributed by atoms with Crippen LogP contribution in [0.4, 0.5) is 11.4 Å². The molecule has 0 saturated heterocycles. The number of carbonyl (C=O) groups excluding carboxylic acids is 2. The van der Waals surface area contributed by atoms with E-state index in [1.54, 1.807) is 43.5 Å². The van der Waals surface area contributed by atoms with E-state index in [4.69, 9.17) is 21.3 Å². The van der Waals surface area contributed by atoms with Crippen molar-refractivity contribution < 1.29 is 24.2 Å². The Morgan fingerprint density at radius 1 is 1.05 bits per heavy atom. The number of primary amides is 1. The molecule has 0 spiro atoms. The van der Waals surface area contributed by atoms with Crippen LogP contribution in [0, 0.1) is 12.3 Å². The number of aryl methyl sites for hydroxylation is 1. The summed E-state index contributed by atoms with van der Waals surface area (Å²) in [5.74, 6) is -1.32. The van der Waals surface area contributed by atoms with Crippen molar-refractivity contribution in [3.63, 3.8) is 0 Å². The minimum Gasteiger partial charge on any atom is -0.492 e. The van der Waals surface area contributed by atoms with Gasteiger partial charge in [0.05, 0.1) is 24.2 Å². The number of rotatable bonds is 5. The van der Waals surface area contributed by atoms with E-state index in [1.165, 1.54) is 19.6 Å². The Kier molecular flexibility index (Phi) is 8.94. The fourth-order valence-corrected chi connectivity index (χ4v) is 3.19. The highest BCUT2D eigenvalue weighted by molar-refractivity contribution is 6.06. The predicted molar refractivity (Wildman–Crippen MR) is 148 cm³/mol. The number of benzene rings is 2. The summed E-state index contributed by atoms with van der Waals surface area (Å²) in [4.78, 5) is 38.3. The summed E-state index contributed by atoms with van der Waals surface area (Å²) in [6.07, 6.45) is 2.81. The number of nitrogen functional groups attached to an aromatic ring is 1. The molecule has 2 aromatic carbocycles. The number of aromatic nitrogens is 2. The summed E-state index contributed by atoms with van der Waals surface area (Å²) in [7, 11) is 1.50. The summed E-state index contributed by atoms with van der Waals surface area (Å²) in [6, 6.07) is 8.88. The summed E-state index contributed by atoms with van der Waals surface area (Å²) >= 11 is 0. The summed E-state index contributed by atoms with van der Waals surface area (Å²) in [5, 5.41) is 12.0. The molecule has 0 aliphatic heterocycles. The van der Waals surface area contributed by atoms with Crippen LogP contribution in [0.1, 0.15) is 73.5 Å². The number of anilines is 2. The van der Waals surface area contributed by atoms with Gasteiger partial charge in [0.25, 0.3) is 5.91 Å². The van der Waals surface area contributed by atoms with Crippen LogP contribution in [-0.2, 0) is 10.2 Å². The first-order chi connectivity index (χ1) is 17.4. The van der Waals surface area contributed by atoms with Crippen LogP contribution in [-0.4, -0.2) is 39.6 Å². The molecule has 0 fully saturated rings. The molecular weight excluding hydrogens is 486 g/mol. The Labute approximate surface area is 223 Å². The minimum absolute atomic E-state index is 0.0755. The molecule has 10 heteroatoms. The smallest absolute Gasteiger partial charge is 0.356 e. The Bertz CT molecular complexity index is 1350. The number of carboxylic acid groups (broad SMARTS) is 1. The molecule has 0 aliphatic rings. The van der Waals surface area contributed by atoms with Gasteiger partial charge in [-0.15, -0.1) is 0 Å². The van der Waals surface area contributed by atoms with E-state index in [2.05, 4.69) is 31.1 Å². The van der Waals surface area contributed by atoms with E-state index in [9.17, 15) is 14.4 Å². The van der Waals surface area contributed by atoms with Gasteiger partial charge in [0.2, 0.25) is 5.91 Å². The largest absolute Gasteiger partial charge is 0.492 e. The van der Waals surface area contributed by atoms with Crippen molar-refractivity contribution in [1.29, 1.82) is 0 Å². The van der Waals surface area contributed by atoms with Crippen molar-refractivity contribution >= 4 is 29.2 Å². The van der Waals surface area contributed by atoms with Gasteiger partial charge in [-0.1, -0.05) is 47.6 Å². The third-order valence-electron chi connectivity index (χ3n) is 5.73. The van der Waals surface area contributed by atoms with Crippen molar-refractivity contribution in [1.82, 2.24) is 9.55 Å². The van der Waals surface area contributed by atoms with Gasteiger partial charge in [0.15, 0.2) is 11.4 Å². The molecule has 10 nitrogen and oxygen atoms in total. The summed E-state index contributed by atoms with van der Waals surface area (Å²) in [5.41, 5.74) is 14.3. The third kappa shape index (κ3) is 7.34. The summed E-state index contributed by atoms with van der Waals surface area (Å²) < 4.78 is 6.99. The number of nitrogens with two attached hydrogens (primary N) is 2. The molecule has 0 unspecified atom stereocenters. The molecule has 0 atom stereocenters. The van der Waals surface area contributed by atoms with Gasteiger partial charge in [-0.05, 0) is 47.7 Å². The van der Waals surface area contributed by atoms with E-state index in [1.807, 2.05) is 19.1 Å². The highest BCUT2D eigenvalue weighted by atomic mass is 16.5. The molecule has 204 valence electrons. The molecule has 0 bridgehead atoms. The quantitative estimate of drug-likeness (QED) is 0.357. The molecule has 3 rings (SSSR count). The van der Waals surface area contributed by atoms with Gasteiger partial charge in [0.1, 0.15) is 6.33 Å². The van der Waals surface area contributed by atoms with Gasteiger partial charge < -0.3 is 31.2 Å². The second kappa shape index (κ2) is 11.4. The first-order valence-corrected chi connectivity index (χ1v) is 11.9. The van der Waals surface area contributed by atoms with Gasteiger partial charge >= 0.3 is 5.97 Å². The van der Waals surface area contributed by atoms with Gasteiger partial charge in [-0.2, -0.15) is 0 Å². The van der Waals surface area contributed by atoms with E-state index < -0.39 is 5.97 Å². The number of nitrogens with zero attached hydrogens (tertiary/aromatic N) is 2. The van der Waals surface area contributed by atoms with Crippen LogP contribution in [0.2, 0.25) is 0 Å². The SMILES string of the molecule is CC(C)(C)C(N)=O.COc1c(N)cc(C(C)(C)C)cc1NC(=O)c1ccc(C)c(-n2cnc(C(=O)O)c2)c1. The highest BCUT2D eigenvalue weighted by Gasteiger charge is 2.21. The second-order valence-electron chi connectivity index (χ2n) is 10.9. The molecule has 0 radical (unpaired) electrons. The number of hydrogen-bond acceptors (Lipinski definition) is 6. The number of ether oxygens (including phenoxy) is 1. The maximum atomic E-state index is 13.0. The number of amides is 2. The van der Waals surface area contributed by atoms with Crippen LogP contribution in [0.5, 0.6) is 5.75 Å². The Hall–Kier alpha value is -4.34. The average molecular weight is 524 g/mol. The van der Waals surface area contributed by atoms with Crippen molar-refractivity contribution in [3.05, 3.63) is 65.2 Å². The predicted octanol–water partition coefficient (Wildman–Crippen LogP) is 4.54. The topological polar surface area (TPSA) is 163 Å². The second-order valence-corrected chi connectivity index (χ2v) is 10.9. The Morgan fingerprint density at radius 2 is 1.66 bits per heavy atom. The van der Waals surface area contributed by atoms with Crippen molar-refractivity contribution in [2.45, 2.75) is 53.9 Å². The molecule has 3 aromatic rings. The number of hydrogen-bond donors (Lipinski definition) is 4. The average Bonchev–Trinajstić information content (AvgIpc) is 3.29. The Balaban J connectivity index is 0.000000638. The molecule has 0 aliphatic carbocycles. The number of aromatic carboxylic acids is 1. The number of carbonyl (C=O) groups is 3. The lowest BCUT2D eigenvalue weighted by molar-refractivity contribution is -0.125. The van der Waals surface area contributed by atoms with E-state index >= 15 is 0 Å². The van der Waals surface area contributed by atoms with Crippen molar-refractivity contribution in [2.24, 2.45) is 11.1 Å². The van der Waals surface area contributed by atoms with Crippen LogP contribution in [0.3, 0.4) is 0 Å². The fourth-order valence-electron chi connectivity index (χ4n) is 3.19.